The van der Waals surface area contributed by atoms with Crippen molar-refractivity contribution in [1.29, 1.82) is 0 Å². The van der Waals surface area contributed by atoms with Gasteiger partial charge in [-0.15, -0.1) is 0 Å². The summed E-state index contributed by atoms with van der Waals surface area (Å²) in [6.07, 6.45) is 4.32. The number of hydrogen-bond acceptors (Lipinski definition) is 2. The second-order valence-electron chi connectivity index (χ2n) is 5.98. The van der Waals surface area contributed by atoms with E-state index in [1.54, 1.807) is 0 Å². The summed E-state index contributed by atoms with van der Waals surface area (Å²) in [5.41, 5.74) is -2.23. The summed E-state index contributed by atoms with van der Waals surface area (Å²) in [6.45, 7) is -0.0192. The van der Waals surface area contributed by atoms with Crippen molar-refractivity contribution in [2.24, 2.45) is 17.8 Å². The quantitative estimate of drug-likeness (QED) is 0.827. The van der Waals surface area contributed by atoms with Crippen molar-refractivity contribution < 1.29 is 19.1 Å². The molecule has 0 spiro atoms. The molecule has 1 aliphatic heterocycles. The van der Waals surface area contributed by atoms with E-state index in [0.717, 1.165) is 25.7 Å². The standard InChI is InChI=1S/C13H18FNO3/c14-13(12(17)18)5-6-15(7-13)11(16)10(8-1-2-8)9-3-4-9/h8-10H,1-7H2,(H,17,18). The van der Waals surface area contributed by atoms with Crippen molar-refractivity contribution in [3.05, 3.63) is 0 Å². The fourth-order valence-electron chi connectivity index (χ4n) is 3.05. The smallest absolute Gasteiger partial charge is 0.343 e. The number of aliphatic carboxylic acids is 1. The van der Waals surface area contributed by atoms with Crippen LogP contribution in [0.5, 0.6) is 0 Å². The van der Waals surface area contributed by atoms with Gasteiger partial charge >= 0.3 is 5.97 Å². The van der Waals surface area contributed by atoms with E-state index in [-0.39, 0.29) is 31.3 Å². The SMILES string of the molecule is O=C(C(C1CC1)C1CC1)N1CCC(F)(C(=O)O)C1. The topological polar surface area (TPSA) is 57.6 Å². The molecule has 0 radical (unpaired) electrons. The molecule has 3 rings (SSSR count). The third kappa shape index (κ3) is 1.99. The lowest BCUT2D eigenvalue weighted by atomic mass is 9.96. The molecule has 1 heterocycles. The Balaban J connectivity index is 1.68. The molecule has 1 N–H and O–H groups in total. The maximum absolute atomic E-state index is 13.9. The minimum absolute atomic E-state index is 0.000718. The number of carbonyl (C=O) groups excluding carboxylic acids is 1. The largest absolute Gasteiger partial charge is 0.479 e. The highest BCUT2D eigenvalue weighted by Gasteiger charge is 2.52. The number of amides is 1. The van der Waals surface area contributed by atoms with Crippen molar-refractivity contribution in [3.63, 3.8) is 0 Å². The molecule has 1 amide bonds. The number of hydrogen-bond donors (Lipinski definition) is 1. The molecule has 2 saturated carbocycles. The molecule has 0 bridgehead atoms. The molecule has 100 valence electrons. The number of nitrogens with zero attached hydrogens (tertiary/aromatic N) is 1. The first-order chi connectivity index (χ1) is 8.51. The lowest BCUT2D eigenvalue weighted by Crippen LogP contribution is -2.41. The van der Waals surface area contributed by atoms with Gasteiger partial charge in [0.1, 0.15) is 0 Å². The zero-order valence-corrected chi connectivity index (χ0v) is 10.3. The molecular weight excluding hydrogens is 237 g/mol. The fourth-order valence-corrected chi connectivity index (χ4v) is 3.05. The molecule has 1 saturated heterocycles. The van der Waals surface area contributed by atoms with Crippen LogP contribution in [-0.4, -0.2) is 40.6 Å². The molecule has 5 heteroatoms. The van der Waals surface area contributed by atoms with Crippen molar-refractivity contribution in [3.8, 4) is 0 Å². The second-order valence-corrected chi connectivity index (χ2v) is 5.98. The number of rotatable bonds is 4. The number of carbonyl (C=O) groups is 2. The molecule has 0 aromatic heterocycles. The third-order valence-corrected chi connectivity index (χ3v) is 4.46. The highest BCUT2D eigenvalue weighted by atomic mass is 19.1. The van der Waals surface area contributed by atoms with E-state index in [1.807, 2.05) is 0 Å². The number of carboxylic acids is 1. The van der Waals surface area contributed by atoms with E-state index in [2.05, 4.69) is 0 Å². The van der Waals surface area contributed by atoms with Gasteiger partial charge in [0.15, 0.2) is 0 Å². The molecule has 2 aliphatic carbocycles. The highest BCUT2D eigenvalue weighted by Crippen LogP contribution is 2.50. The molecule has 3 aliphatic rings. The van der Waals surface area contributed by atoms with E-state index < -0.39 is 11.6 Å². The van der Waals surface area contributed by atoms with Crippen molar-refractivity contribution >= 4 is 11.9 Å². The van der Waals surface area contributed by atoms with Crippen LogP contribution < -0.4 is 0 Å². The summed E-state index contributed by atoms with van der Waals surface area (Å²) in [6, 6.07) is 0. The first-order valence-electron chi connectivity index (χ1n) is 6.72. The van der Waals surface area contributed by atoms with Crippen LogP contribution in [0.2, 0.25) is 0 Å². The van der Waals surface area contributed by atoms with Crippen LogP contribution in [0.3, 0.4) is 0 Å². The zero-order chi connectivity index (χ0) is 12.9. The summed E-state index contributed by atoms with van der Waals surface area (Å²) < 4.78 is 13.9. The van der Waals surface area contributed by atoms with Gasteiger partial charge < -0.3 is 10.0 Å². The van der Waals surface area contributed by atoms with Gasteiger partial charge in [0, 0.05) is 18.9 Å². The number of halogens is 1. The van der Waals surface area contributed by atoms with Gasteiger partial charge in [-0.2, -0.15) is 0 Å². The fraction of sp³-hybridized carbons (Fsp3) is 0.846. The van der Waals surface area contributed by atoms with Crippen LogP contribution in [0, 0.1) is 17.8 Å². The van der Waals surface area contributed by atoms with Gasteiger partial charge in [-0.1, -0.05) is 0 Å². The Kier molecular flexibility index (Phi) is 2.61. The van der Waals surface area contributed by atoms with E-state index in [4.69, 9.17) is 5.11 Å². The Labute approximate surface area is 105 Å². The molecule has 0 aromatic rings. The first-order valence-corrected chi connectivity index (χ1v) is 6.72. The molecule has 3 fully saturated rings. The normalized spacial score (nSPS) is 32.0. The highest BCUT2D eigenvalue weighted by molar-refractivity contribution is 5.84. The molecule has 1 atom stereocenters. The Morgan fingerprint density at radius 1 is 1.22 bits per heavy atom. The maximum atomic E-state index is 13.9. The van der Waals surface area contributed by atoms with Gasteiger partial charge in [0.05, 0.1) is 6.54 Å². The molecule has 1 unspecified atom stereocenters. The van der Waals surface area contributed by atoms with Gasteiger partial charge in [-0.25, -0.2) is 9.18 Å². The Morgan fingerprint density at radius 3 is 2.17 bits per heavy atom. The van der Waals surface area contributed by atoms with Crippen molar-refractivity contribution in [1.82, 2.24) is 4.90 Å². The van der Waals surface area contributed by atoms with E-state index in [1.165, 1.54) is 4.90 Å². The van der Waals surface area contributed by atoms with Gasteiger partial charge in [-0.3, -0.25) is 4.79 Å². The maximum Gasteiger partial charge on any atom is 0.343 e. The van der Waals surface area contributed by atoms with E-state index in [9.17, 15) is 14.0 Å². The Morgan fingerprint density at radius 2 is 1.78 bits per heavy atom. The zero-order valence-electron chi connectivity index (χ0n) is 10.3. The molecule has 4 nitrogen and oxygen atoms in total. The van der Waals surface area contributed by atoms with Gasteiger partial charge in [0.2, 0.25) is 11.6 Å². The van der Waals surface area contributed by atoms with E-state index in [0.29, 0.717) is 11.8 Å². The molecular formula is C13H18FNO3. The van der Waals surface area contributed by atoms with Crippen molar-refractivity contribution in [2.45, 2.75) is 37.8 Å². The summed E-state index contributed by atoms with van der Waals surface area (Å²) in [7, 11) is 0. The average molecular weight is 255 g/mol. The van der Waals surface area contributed by atoms with E-state index >= 15 is 0 Å². The van der Waals surface area contributed by atoms with Gasteiger partial charge in [-0.05, 0) is 37.5 Å². The van der Waals surface area contributed by atoms with Crippen LogP contribution >= 0.6 is 0 Å². The van der Waals surface area contributed by atoms with Crippen LogP contribution in [0.25, 0.3) is 0 Å². The van der Waals surface area contributed by atoms with Crippen LogP contribution in [0.4, 0.5) is 4.39 Å². The van der Waals surface area contributed by atoms with Crippen LogP contribution in [0.15, 0.2) is 0 Å². The summed E-state index contributed by atoms with van der Waals surface area (Å²) in [5, 5.41) is 8.84. The van der Waals surface area contributed by atoms with Crippen LogP contribution in [-0.2, 0) is 9.59 Å². The lowest BCUT2D eigenvalue weighted by molar-refractivity contribution is -0.150. The monoisotopic (exact) mass is 255 g/mol. The summed E-state index contributed by atoms with van der Waals surface area (Å²) in [4.78, 5) is 24.7. The van der Waals surface area contributed by atoms with Gasteiger partial charge in [0.25, 0.3) is 0 Å². The predicted molar refractivity (Wildman–Crippen MR) is 61.6 cm³/mol. The minimum Gasteiger partial charge on any atom is -0.479 e. The number of alkyl halides is 1. The number of likely N-dealkylation sites (tertiary alicyclic amines) is 1. The Hall–Kier alpha value is -1.13. The van der Waals surface area contributed by atoms with Crippen LogP contribution in [0.1, 0.15) is 32.1 Å². The summed E-state index contributed by atoms with van der Waals surface area (Å²) >= 11 is 0. The minimum atomic E-state index is -2.23. The predicted octanol–water partition coefficient (Wildman–Crippen LogP) is 1.45. The lowest BCUT2D eigenvalue weighted by Gasteiger charge is -2.23. The molecule has 18 heavy (non-hydrogen) atoms. The summed E-state index contributed by atoms with van der Waals surface area (Å²) in [5.74, 6) is -0.442. The van der Waals surface area contributed by atoms with Crippen molar-refractivity contribution in [2.75, 3.05) is 13.1 Å². The third-order valence-electron chi connectivity index (χ3n) is 4.46. The second kappa shape index (κ2) is 3.93. The first kappa shape index (κ1) is 11.9. The molecule has 0 aromatic carbocycles. The Bertz CT molecular complexity index is 380. The number of carboxylic acid groups (broad SMARTS) is 1. The average Bonchev–Trinajstić information content (AvgIpc) is 3.22.